The molecule has 2 atom stereocenters. The lowest BCUT2D eigenvalue weighted by Gasteiger charge is -2.33. The molecule has 0 radical (unpaired) electrons. The third-order valence-electron chi connectivity index (χ3n) is 3.75. The Morgan fingerprint density at radius 3 is 2.62 bits per heavy atom. The minimum absolute atomic E-state index is 0.202. The predicted octanol–water partition coefficient (Wildman–Crippen LogP) is 3.27. The average Bonchev–Trinajstić information content (AvgIpc) is 2.32. The van der Waals surface area contributed by atoms with Crippen molar-refractivity contribution in [3.05, 3.63) is 12.7 Å². The molecule has 2 N–H and O–H groups in total. The summed E-state index contributed by atoms with van der Waals surface area (Å²) < 4.78 is 5.63. The molecular weight excluding hydrogens is 198 g/mol. The summed E-state index contributed by atoms with van der Waals surface area (Å²) in [4.78, 5) is 0. The maximum Gasteiger partial charge on any atom is 0.0750 e. The lowest BCUT2D eigenvalue weighted by atomic mass is 9.81. The number of allylic oxidation sites excluding steroid dienone is 1. The van der Waals surface area contributed by atoms with Gasteiger partial charge in [-0.3, -0.25) is 0 Å². The first-order valence-corrected chi connectivity index (χ1v) is 6.69. The Kier molecular flexibility index (Phi) is 6.74. The molecule has 1 rings (SSSR count). The number of nitrogens with two attached hydrogens (primary N) is 1. The van der Waals surface area contributed by atoms with Gasteiger partial charge in [0.2, 0.25) is 0 Å². The maximum atomic E-state index is 6.24. The van der Waals surface area contributed by atoms with Gasteiger partial charge in [0, 0.05) is 13.2 Å². The number of ether oxygens (including phenoxy) is 1. The zero-order valence-electron chi connectivity index (χ0n) is 10.7. The zero-order chi connectivity index (χ0) is 11.8. The van der Waals surface area contributed by atoms with Gasteiger partial charge in [-0.05, 0) is 38.0 Å². The molecule has 0 aromatic rings. The fourth-order valence-corrected chi connectivity index (χ4v) is 2.84. The standard InChI is InChI=1S/C14H27NO/c1-3-4-6-11-13(15)14(16-2)12-9-7-5-8-10-12/h3,12-14H,1,4-11,15H2,2H3. The fraction of sp³-hybridized carbons (Fsp3) is 0.857. The first-order chi connectivity index (χ1) is 7.79. The molecule has 0 aliphatic heterocycles. The molecule has 1 fully saturated rings. The first-order valence-electron chi connectivity index (χ1n) is 6.69. The van der Waals surface area contributed by atoms with Gasteiger partial charge >= 0.3 is 0 Å². The number of hydrogen-bond donors (Lipinski definition) is 1. The largest absolute Gasteiger partial charge is 0.380 e. The van der Waals surface area contributed by atoms with Crippen molar-refractivity contribution in [2.75, 3.05) is 7.11 Å². The molecule has 0 aromatic heterocycles. The van der Waals surface area contributed by atoms with Crippen molar-refractivity contribution >= 4 is 0 Å². The van der Waals surface area contributed by atoms with E-state index in [9.17, 15) is 0 Å². The maximum absolute atomic E-state index is 6.24. The van der Waals surface area contributed by atoms with Crippen LogP contribution >= 0.6 is 0 Å². The van der Waals surface area contributed by atoms with Crippen LogP contribution in [0.3, 0.4) is 0 Å². The first kappa shape index (κ1) is 13.7. The Labute approximate surface area is 100 Å². The van der Waals surface area contributed by atoms with Gasteiger partial charge in [0.1, 0.15) is 0 Å². The topological polar surface area (TPSA) is 35.2 Å². The molecule has 16 heavy (non-hydrogen) atoms. The molecule has 1 aliphatic rings. The quantitative estimate of drug-likeness (QED) is 0.533. The van der Waals surface area contributed by atoms with Crippen LogP contribution in [0.5, 0.6) is 0 Å². The minimum Gasteiger partial charge on any atom is -0.380 e. The van der Waals surface area contributed by atoms with Crippen LogP contribution in [-0.4, -0.2) is 19.3 Å². The van der Waals surface area contributed by atoms with Crippen LogP contribution in [0.15, 0.2) is 12.7 Å². The summed E-state index contributed by atoms with van der Waals surface area (Å²) in [6.07, 6.45) is 12.2. The van der Waals surface area contributed by atoms with Crippen molar-refractivity contribution in [3.8, 4) is 0 Å². The minimum atomic E-state index is 0.202. The number of methoxy groups -OCH3 is 1. The summed E-state index contributed by atoms with van der Waals surface area (Å²) in [6.45, 7) is 3.74. The van der Waals surface area contributed by atoms with Crippen LogP contribution in [0.4, 0.5) is 0 Å². The van der Waals surface area contributed by atoms with Crippen LogP contribution in [0, 0.1) is 5.92 Å². The van der Waals surface area contributed by atoms with Gasteiger partial charge in [0.25, 0.3) is 0 Å². The normalized spacial score (nSPS) is 21.6. The predicted molar refractivity (Wildman–Crippen MR) is 69.4 cm³/mol. The molecular formula is C14H27NO. The lowest BCUT2D eigenvalue weighted by Crippen LogP contribution is -2.42. The third-order valence-corrected chi connectivity index (χ3v) is 3.75. The van der Waals surface area contributed by atoms with Gasteiger partial charge in [-0.1, -0.05) is 25.3 Å². The Bertz CT molecular complexity index is 187. The summed E-state index contributed by atoms with van der Waals surface area (Å²) >= 11 is 0. The zero-order valence-corrected chi connectivity index (χ0v) is 10.7. The van der Waals surface area contributed by atoms with Gasteiger partial charge in [-0.15, -0.1) is 6.58 Å². The Hall–Kier alpha value is -0.340. The summed E-state index contributed by atoms with van der Waals surface area (Å²) in [7, 11) is 1.81. The monoisotopic (exact) mass is 225 g/mol. The van der Waals surface area contributed by atoms with Crippen molar-refractivity contribution in [2.45, 2.75) is 63.5 Å². The molecule has 0 heterocycles. The van der Waals surface area contributed by atoms with E-state index in [2.05, 4.69) is 6.58 Å². The van der Waals surface area contributed by atoms with E-state index >= 15 is 0 Å². The molecule has 94 valence electrons. The van der Waals surface area contributed by atoms with Gasteiger partial charge in [-0.25, -0.2) is 0 Å². The third kappa shape index (κ3) is 4.26. The smallest absolute Gasteiger partial charge is 0.0750 e. The molecule has 1 aliphatic carbocycles. The molecule has 0 aromatic carbocycles. The van der Waals surface area contributed by atoms with Crippen LogP contribution < -0.4 is 5.73 Å². The molecule has 0 saturated heterocycles. The summed E-state index contributed by atoms with van der Waals surface area (Å²) in [5.41, 5.74) is 6.24. The lowest BCUT2D eigenvalue weighted by molar-refractivity contribution is 0.0155. The fourth-order valence-electron chi connectivity index (χ4n) is 2.84. The van der Waals surface area contributed by atoms with E-state index in [4.69, 9.17) is 10.5 Å². The molecule has 2 unspecified atom stereocenters. The summed E-state index contributed by atoms with van der Waals surface area (Å²) in [5.74, 6) is 0.692. The van der Waals surface area contributed by atoms with Crippen LogP contribution in [-0.2, 0) is 4.74 Å². The molecule has 0 bridgehead atoms. The molecule has 2 nitrogen and oxygen atoms in total. The van der Waals surface area contributed by atoms with Gasteiger partial charge in [-0.2, -0.15) is 0 Å². The van der Waals surface area contributed by atoms with E-state index < -0.39 is 0 Å². The van der Waals surface area contributed by atoms with Crippen molar-refractivity contribution in [2.24, 2.45) is 11.7 Å². The number of rotatable bonds is 7. The molecule has 2 heteroatoms. The highest BCUT2D eigenvalue weighted by Gasteiger charge is 2.27. The van der Waals surface area contributed by atoms with Crippen molar-refractivity contribution in [1.82, 2.24) is 0 Å². The number of hydrogen-bond acceptors (Lipinski definition) is 2. The summed E-state index contributed by atoms with van der Waals surface area (Å²) in [6, 6.07) is 0.202. The van der Waals surface area contributed by atoms with E-state index in [0.717, 1.165) is 19.3 Å². The SMILES string of the molecule is C=CCCCC(N)C(OC)C1CCCCC1. The summed E-state index contributed by atoms with van der Waals surface area (Å²) in [5, 5.41) is 0. The second kappa shape index (κ2) is 7.86. The highest BCUT2D eigenvalue weighted by atomic mass is 16.5. The van der Waals surface area contributed by atoms with Crippen LogP contribution in [0.1, 0.15) is 51.4 Å². The Morgan fingerprint density at radius 2 is 2.06 bits per heavy atom. The van der Waals surface area contributed by atoms with Crippen molar-refractivity contribution in [3.63, 3.8) is 0 Å². The Morgan fingerprint density at radius 1 is 1.38 bits per heavy atom. The second-order valence-electron chi connectivity index (χ2n) is 4.98. The van der Waals surface area contributed by atoms with Crippen LogP contribution in [0.2, 0.25) is 0 Å². The number of unbranched alkanes of at least 4 members (excludes halogenated alkanes) is 1. The highest BCUT2D eigenvalue weighted by Crippen LogP contribution is 2.29. The molecule has 0 spiro atoms. The van der Waals surface area contributed by atoms with Gasteiger partial charge < -0.3 is 10.5 Å². The molecule has 1 saturated carbocycles. The van der Waals surface area contributed by atoms with E-state index in [1.165, 1.54) is 32.1 Å². The highest BCUT2D eigenvalue weighted by molar-refractivity contribution is 4.83. The second-order valence-corrected chi connectivity index (χ2v) is 4.98. The van der Waals surface area contributed by atoms with E-state index in [-0.39, 0.29) is 12.1 Å². The average molecular weight is 225 g/mol. The van der Waals surface area contributed by atoms with E-state index in [1.807, 2.05) is 13.2 Å². The van der Waals surface area contributed by atoms with Gasteiger partial charge in [0.05, 0.1) is 6.10 Å². The van der Waals surface area contributed by atoms with Crippen LogP contribution in [0.25, 0.3) is 0 Å². The van der Waals surface area contributed by atoms with E-state index in [1.54, 1.807) is 0 Å². The Balaban J connectivity index is 2.35. The van der Waals surface area contributed by atoms with Crippen molar-refractivity contribution < 1.29 is 4.74 Å². The van der Waals surface area contributed by atoms with E-state index in [0.29, 0.717) is 5.92 Å². The molecule has 0 amide bonds. The van der Waals surface area contributed by atoms with Crippen molar-refractivity contribution in [1.29, 1.82) is 0 Å². The van der Waals surface area contributed by atoms with Gasteiger partial charge in [0.15, 0.2) is 0 Å².